The Balaban J connectivity index is 1.37. The number of anilines is 3. The molecule has 2 saturated heterocycles. The van der Waals surface area contributed by atoms with Gasteiger partial charge in [0.25, 0.3) is 5.56 Å². The lowest BCUT2D eigenvalue weighted by Crippen LogP contribution is -2.47. The van der Waals surface area contributed by atoms with Gasteiger partial charge in [0.1, 0.15) is 18.0 Å². The highest BCUT2D eigenvalue weighted by atomic mass is 16.1. The number of aryl methyl sites for hydroxylation is 1. The van der Waals surface area contributed by atoms with Gasteiger partial charge in [0.05, 0.1) is 11.8 Å². The molecule has 8 nitrogen and oxygen atoms in total. The minimum Gasteiger partial charge on any atom is -0.368 e. The fourth-order valence-corrected chi connectivity index (χ4v) is 4.23. The van der Waals surface area contributed by atoms with Crippen molar-refractivity contribution in [2.24, 2.45) is 7.05 Å². The Morgan fingerprint density at radius 2 is 1.59 bits per heavy atom. The SMILES string of the molecule is Cn1cnc(N2CCN(c3ccc4ncnc(N5CCCC5)c4c3)CC2)cc1=O. The summed E-state index contributed by atoms with van der Waals surface area (Å²) in [7, 11) is 1.72. The van der Waals surface area contributed by atoms with Crippen molar-refractivity contribution < 1.29 is 0 Å². The molecule has 2 aliphatic heterocycles. The number of fused-ring (bicyclic) bond motifs is 1. The first-order valence-corrected chi connectivity index (χ1v) is 10.2. The smallest absolute Gasteiger partial charge is 0.255 e. The fourth-order valence-electron chi connectivity index (χ4n) is 4.23. The molecule has 0 saturated carbocycles. The molecule has 0 atom stereocenters. The van der Waals surface area contributed by atoms with E-state index in [9.17, 15) is 4.79 Å². The molecule has 8 heteroatoms. The van der Waals surface area contributed by atoms with Crippen LogP contribution in [0, 0.1) is 0 Å². The van der Waals surface area contributed by atoms with E-state index in [0.717, 1.165) is 61.8 Å². The molecular formula is C21H25N7O. The summed E-state index contributed by atoms with van der Waals surface area (Å²) < 4.78 is 1.49. The first-order valence-electron chi connectivity index (χ1n) is 10.2. The molecule has 3 aromatic rings. The number of nitrogens with zero attached hydrogens (tertiary/aromatic N) is 7. The van der Waals surface area contributed by atoms with Gasteiger partial charge in [-0.3, -0.25) is 4.79 Å². The molecule has 29 heavy (non-hydrogen) atoms. The number of benzene rings is 1. The Hall–Kier alpha value is -3.16. The summed E-state index contributed by atoms with van der Waals surface area (Å²) in [6, 6.07) is 8.09. The highest BCUT2D eigenvalue weighted by Gasteiger charge is 2.21. The van der Waals surface area contributed by atoms with Gasteiger partial charge >= 0.3 is 0 Å². The van der Waals surface area contributed by atoms with E-state index in [4.69, 9.17) is 0 Å². The molecular weight excluding hydrogens is 366 g/mol. The molecule has 0 amide bonds. The maximum Gasteiger partial charge on any atom is 0.255 e. The average molecular weight is 391 g/mol. The van der Waals surface area contributed by atoms with Crippen LogP contribution in [-0.2, 0) is 7.05 Å². The van der Waals surface area contributed by atoms with E-state index < -0.39 is 0 Å². The Bertz CT molecular complexity index is 1080. The van der Waals surface area contributed by atoms with Crippen molar-refractivity contribution in [2.75, 3.05) is 54.0 Å². The standard InChI is InChI=1S/C21H25N7O/c1-25-15-24-19(13-20(25)29)27-10-8-26(9-11-27)16-4-5-18-17(12-16)21(23-14-22-18)28-6-2-3-7-28/h4-5,12-15H,2-3,6-11H2,1H3. The average Bonchev–Trinajstić information content (AvgIpc) is 3.30. The van der Waals surface area contributed by atoms with Gasteiger partial charge < -0.3 is 19.3 Å². The summed E-state index contributed by atoms with van der Waals surface area (Å²) in [5.41, 5.74) is 2.17. The molecule has 0 spiro atoms. The molecule has 0 unspecified atom stereocenters. The Kier molecular flexibility index (Phi) is 4.54. The van der Waals surface area contributed by atoms with E-state index in [1.165, 1.54) is 23.1 Å². The first-order chi connectivity index (χ1) is 14.2. The second kappa shape index (κ2) is 7.35. The van der Waals surface area contributed by atoms with Crippen molar-refractivity contribution in [1.82, 2.24) is 19.5 Å². The van der Waals surface area contributed by atoms with E-state index >= 15 is 0 Å². The monoisotopic (exact) mass is 391 g/mol. The lowest BCUT2D eigenvalue weighted by Gasteiger charge is -2.36. The van der Waals surface area contributed by atoms with Crippen molar-refractivity contribution in [2.45, 2.75) is 12.8 Å². The van der Waals surface area contributed by atoms with Crippen LogP contribution in [0.15, 0.2) is 41.7 Å². The highest BCUT2D eigenvalue weighted by molar-refractivity contribution is 5.92. The minimum atomic E-state index is -0.0265. The summed E-state index contributed by atoms with van der Waals surface area (Å²) in [6.45, 7) is 5.58. The predicted molar refractivity (Wildman–Crippen MR) is 115 cm³/mol. The van der Waals surface area contributed by atoms with E-state index in [1.807, 2.05) is 0 Å². The zero-order chi connectivity index (χ0) is 19.8. The summed E-state index contributed by atoms with van der Waals surface area (Å²) in [4.78, 5) is 32.3. The van der Waals surface area contributed by atoms with E-state index in [2.05, 4.69) is 47.9 Å². The molecule has 5 rings (SSSR count). The first kappa shape index (κ1) is 17.9. The normalized spacial score (nSPS) is 17.3. The summed E-state index contributed by atoms with van der Waals surface area (Å²) in [6.07, 6.45) is 5.71. The third-order valence-electron chi connectivity index (χ3n) is 5.94. The third kappa shape index (κ3) is 3.39. The van der Waals surface area contributed by atoms with Gasteiger partial charge in [-0.1, -0.05) is 0 Å². The maximum atomic E-state index is 11.9. The second-order valence-electron chi connectivity index (χ2n) is 7.76. The zero-order valence-electron chi connectivity index (χ0n) is 16.7. The van der Waals surface area contributed by atoms with Crippen molar-refractivity contribution in [3.63, 3.8) is 0 Å². The number of aromatic nitrogens is 4. The largest absolute Gasteiger partial charge is 0.368 e. The molecule has 0 radical (unpaired) electrons. The zero-order valence-corrected chi connectivity index (χ0v) is 16.7. The Morgan fingerprint density at radius 3 is 2.34 bits per heavy atom. The number of hydrogen-bond acceptors (Lipinski definition) is 7. The molecule has 2 fully saturated rings. The van der Waals surface area contributed by atoms with Gasteiger partial charge in [-0.05, 0) is 31.0 Å². The fraction of sp³-hybridized carbons (Fsp3) is 0.429. The van der Waals surface area contributed by atoms with Crippen LogP contribution in [0.4, 0.5) is 17.3 Å². The van der Waals surface area contributed by atoms with Gasteiger partial charge in [0.2, 0.25) is 0 Å². The van der Waals surface area contributed by atoms with Crippen molar-refractivity contribution in [3.05, 3.63) is 47.3 Å². The van der Waals surface area contributed by atoms with Crippen molar-refractivity contribution >= 4 is 28.2 Å². The van der Waals surface area contributed by atoms with Crippen molar-refractivity contribution in [3.8, 4) is 0 Å². The van der Waals surface area contributed by atoms with E-state index in [-0.39, 0.29) is 5.56 Å². The van der Waals surface area contributed by atoms with Gasteiger partial charge in [0, 0.05) is 63.5 Å². The summed E-state index contributed by atoms with van der Waals surface area (Å²) in [5, 5.41) is 1.13. The molecule has 150 valence electrons. The van der Waals surface area contributed by atoms with Crippen LogP contribution >= 0.6 is 0 Å². The minimum absolute atomic E-state index is 0.0265. The highest BCUT2D eigenvalue weighted by Crippen LogP contribution is 2.30. The second-order valence-corrected chi connectivity index (χ2v) is 7.76. The van der Waals surface area contributed by atoms with Crippen molar-refractivity contribution in [1.29, 1.82) is 0 Å². The van der Waals surface area contributed by atoms with Crippen LogP contribution in [0.1, 0.15) is 12.8 Å². The third-order valence-corrected chi connectivity index (χ3v) is 5.94. The number of piperazine rings is 1. The van der Waals surface area contributed by atoms with Gasteiger partial charge in [-0.15, -0.1) is 0 Å². The molecule has 0 N–H and O–H groups in total. The molecule has 1 aromatic carbocycles. The predicted octanol–water partition coefficient (Wildman–Crippen LogP) is 1.65. The molecule has 0 aliphatic carbocycles. The van der Waals surface area contributed by atoms with E-state index in [1.54, 1.807) is 25.8 Å². The summed E-state index contributed by atoms with van der Waals surface area (Å²) in [5.74, 6) is 1.81. The lowest BCUT2D eigenvalue weighted by atomic mass is 10.1. The van der Waals surface area contributed by atoms with Crippen LogP contribution in [-0.4, -0.2) is 58.8 Å². The van der Waals surface area contributed by atoms with Crippen LogP contribution in [0.3, 0.4) is 0 Å². The molecule has 2 aliphatic rings. The lowest BCUT2D eigenvalue weighted by molar-refractivity contribution is 0.643. The number of rotatable bonds is 3. The molecule has 0 bridgehead atoms. The Labute approximate surface area is 169 Å². The van der Waals surface area contributed by atoms with Gasteiger partial charge in [-0.2, -0.15) is 0 Å². The molecule has 4 heterocycles. The maximum absolute atomic E-state index is 11.9. The van der Waals surface area contributed by atoms with Crippen LogP contribution in [0.2, 0.25) is 0 Å². The van der Waals surface area contributed by atoms with Crippen LogP contribution in [0.5, 0.6) is 0 Å². The van der Waals surface area contributed by atoms with Crippen LogP contribution < -0.4 is 20.3 Å². The topological polar surface area (TPSA) is 70.4 Å². The Morgan fingerprint density at radius 1 is 0.828 bits per heavy atom. The van der Waals surface area contributed by atoms with Gasteiger partial charge in [-0.25, -0.2) is 15.0 Å². The summed E-state index contributed by atoms with van der Waals surface area (Å²) >= 11 is 0. The van der Waals surface area contributed by atoms with Crippen LogP contribution in [0.25, 0.3) is 10.9 Å². The number of hydrogen-bond donors (Lipinski definition) is 0. The molecule has 2 aromatic heterocycles. The quantitative estimate of drug-likeness (QED) is 0.672. The van der Waals surface area contributed by atoms with E-state index in [0.29, 0.717) is 0 Å². The van der Waals surface area contributed by atoms with Gasteiger partial charge in [0.15, 0.2) is 0 Å².